The summed E-state index contributed by atoms with van der Waals surface area (Å²) in [4.78, 5) is 4.21. The van der Waals surface area contributed by atoms with Gasteiger partial charge in [-0.2, -0.15) is 4.31 Å². The first-order valence-corrected chi connectivity index (χ1v) is 8.94. The van der Waals surface area contributed by atoms with Crippen molar-refractivity contribution in [3.8, 4) is 0 Å². The number of hydrogen-bond acceptors (Lipinski definition) is 5. The van der Waals surface area contributed by atoms with Gasteiger partial charge in [0.1, 0.15) is 9.97 Å². The molecule has 3 heterocycles. The Labute approximate surface area is 132 Å². The summed E-state index contributed by atoms with van der Waals surface area (Å²) in [6.07, 6.45) is 3.18. The van der Waals surface area contributed by atoms with E-state index in [2.05, 4.69) is 4.98 Å². The van der Waals surface area contributed by atoms with E-state index in [1.54, 1.807) is 48.0 Å². The molecule has 0 fully saturated rings. The number of aromatic nitrogens is 1. The molecule has 0 aliphatic carbocycles. The van der Waals surface area contributed by atoms with Gasteiger partial charge in [0.15, 0.2) is 0 Å². The SMILES string of the molecule is O=S(=O)(c1cccs1)N(Cc1ccccn1)Cc1ccco1. The Morgan fingerprint density at radius 3 is 2.64 bits per heavy atom. The van der Waals surface area contributed by atoms with Crippen LogP contribution in [0.1, 0.15) is 11.5 Å². The summed E-state index contributed by atoms with van der Waals surface area (Å²) in [5.41, 5.74) is 0.689. The lowest BCUT2D eigenvalue weighted by atomic mass is 10.3. The van der Waals surface area contributed by atoms with Crippen molar-refractivity contribution in [2.45, 2.75) is 17.3 Å². The Balaban J connectivity index is 1.92. The topological polar surface area (TPSA) is 63.4 Å². The Bertz CT molecular complexity index is 798. The van der Waals surface area contributed by atoms with Crippen LogP contribution in [0.2, 0.25) is 0 Å². The molecule has 0 amide bonds. The predicted molar refractivity (Wildman–Crippen MR) is 83.7 cm³/mol. The molecule has 22 heavy (non-hydrogen) atoms. The molecule has 0 atom stereocenters. The molecule has 0 aliphatic rings. The lowest BCUT2D eigenvalue weighted by molar-refractivity contribution is 0.356. The second-order valence-corrected chi connectivity index (χ2v) is 7.72. The summed E-state index contributed by atoms with van der Waals surface area (Å²) in [5, 5.41) is 1.75. The van der Waals surface area contributed by atoms with Gasteiger partial charge in [0.05, 0.1) is 25.0 Å². The van der Waals surface area contributed by atoms with E-state index in [1.165, 1.54) is 21.9 Å². The molecule has 0 aromatic carbocycles. The van der Waals surface area contributed by atoms with Crippen LogP contribution >= 0.6 is 11.3 Å². The molecule has 3 rings (SSSR count). The fourth-order valence-corrected chi connectivity index (χ4v) is 4.53. The molecule has 5 nitrogen and oxygen atoms in total. The van der Waals surface area contributed by atoms with Gasteiger partial charge in [0.25, 0.3) is 10.0 Å². The van der Waals surface area contributed by atoms with Crippen molar-refractivity contribution in [3.63, 3.8) is 0 Å². The summed E-state index contributed by atoms with van der Waals surface area (Å²) in [7, 11) is -3.58. The largest absolute Gasteiger partial charge is 0.468 e. The first-order chi connectivity index (χ1) is 10.7. The van der Waals surface area contributed by atoms with Crippen LogP contribution in [0, 0.1) is 0 Å². The first-order valence-electron chi connectivity index (χ1n) is 6.62. The molecule has 0 bridgehead atoms. The number of thiophene rings is 1. The first kappa shape index (κ1) is 15.0. The molecule has 3 aromatic rings. The van der Waals surface area contributed by atoms with Crippen LogP contribution in [0.4, 0.5) is 0 Å². The van der Waals surface area contributed by atoms with Crippen LogP contribution in [-0.2, 0) is 23.1 Å². The van der Waals surface area contributed by atoms with Gasteiger partial charge < -0.3 is 4.42 Å². The minimum Gasteiger partial charge on any atom is -0.468 e. The lowest BCUT2D eigenvalue weighted by Gasteiger charge is -2.20. The van der Waals surface area contributed by atoms with E-state index >= 15 is 0 Å². The second-order valence-electron chi connectivity index (χ2n) is 4.61. The highest BCUT2D eigenvalue weighted by Crippen LogP contribution is 2.24. The highest BCUT2D eigenvalue weighted by atomic mass is 32.2. The van der Waals surface area contributed by atoms with Crippen molar-refractivity contribution in [3.05, 3.63) is 71.8 Å². The molecule has 0 unspecified atom stereocenters. The molecular weight excluding hydrogens is 320 g/mol. The average Bonchev–Trinajstić information content (AvgIpc) is 3.21. The molecule has 0 spiro atoms. The van der Waals surface area contributed by atoms with Crippen molar-refractivity contribution < 1.29 is 12.8 Å². The zero-order valence-electron chi connectivity index (χ0n) is 11.6. The van der Waals surface area contributed by atoms with Crippen LogP contribution in [0.5, 0.6) is 0 Å². The van der Waals surface area contributed by atoms with E-state index in [9.17, 15) is 8.42 Å². The summed E-state index contributed by atoms with van der Waals surface area (Å²) in [5.74, 6) is 0.594. The van der Waals surface area contributed by atoms with Gasteiger partial charge in [-0.1, -0.05) is 12.1 Å². The molecular formula is C15H14N2O3S2. The summed E-state index contributed by atoms with van der Waals surface area (Å²) >= 11 is 1.20. The van der Waals surface area contributed by atoms with E-state index in [0.29, 0.717) is 15.7 Å². The van der Waals surface area contributed by atoms with Crippen molar-refractivity contribution in [2.24, 2.45) is 0 Å². The van der Waals surface area contributed by atoms with Gasteiger partial charge in [-0.3, -0.25) is 4.98 Å². The maximum atomic E-state index is 12.8. The van der Waals surface area contributed by atoms with E-state index in [-0.39, 0.29) is 13.1 Å². The zero-order chi connectivity index (χ0) is 15.4. The Morgan fingerprint density at radius 2 is 2.00 bits per heavy atom. The normalized spacial score (nSPS) is 11.9. The summed E-state index contributed by atoms with van der Waals surface area (Å²) in [6.45, 7) is 0.367. The third-order valence-electron chi connectivity index (χ3n) is 3.07. The van der Waals surface area contributed by atoms with Crippen LogP contribution in [0.3, 0.4) is 0 Å². The number of nitrogens with zero attached hydrogens (tertiary/aromatic N) is 2. The highest BCUT2D eigenvalue weighted by molar-refractivity contribution is 7.91. The number of hydrogen-bond donors (Lipinski definition) is 0. The molecule has 3 aromatic heterocycles. The fraction of sp³-hybridized carbons (Fsp3) is 0.133. The van der Waals surface area contributed by atoms with Gasteiger partial charge in [-0.15, -0.1) is 11.3 Å². The van der Waals surface area contributed by atoms with Gasteiger partial charge >= 0.3 is 0 Å². The van der Waals surface area contributed by atoms with Gasteiger partial charge in [-0.25, -0.2) is 8.42 Å². The van der Waals surface area contributed by atoms with Crippen LogP contribution in [-0.4, -0.2) is 17.7 Å². The van der Waals surface area contributed by atoms with E-state index in [1.807, 2.05) is 6.07 Å². The number of sulfonamides is 1. The quantitative estimate of drug-likeness (QED) is 0.695. The Morgan fingerprint density at radius 1 is 1.09 bits per heavy atom. The van der Waals surface area contributed by atoms with Crippen molar-refractivity contribution in [1.29, 1.82) is 0 Å². The van der Waals surface area contributed by atoms with Gasteiger partial charge in [0.2, 0.25) is 0 Å². The maximum absolute atomic E-state index is 12.8. The third-order valence-corrected chi connectivity index (χ3v) is 6.23. The van der Waals surface area contributed by atoms with E-state index in [0.717, 1.165) is 0 Å². The standard InChI is InChI=1S/C15H14N2O3S2/c18-22(19,15-7-4-10-21-15)17(12-14-6-3-9-20-14)11-13-5-1-2-8-16-13/h1-10H,11-12H2. The van der Waals surface area contributed by atoms with E-state index < -0.39 is 10.0 Å². The van der Waals surface area contributed by atoms with Crippen LogP contribution in [0.15, 0.2) is 68.9 Å². The van der Waals surface area contributed by atoms with Gasteiger partial charge in [0, 0.05) is 6.20 Å². The molecule has 0 saturated heterocycles. The predicted octanol–water partition coefficient (Wildman–Crippen LogP) is 3.13. The lowest BCUT2D eigenvalue weighted by Crippen LogP contribution is -2.30. The maximum Gasteiger partial charge on any atom is 0.253 e. The molecule has 114 valence electrons. The van der Waals surface area contributed by atoms with Crippen LogP contribution < -0.4 is 0 Å². The third kappa shape index (κ3) is 3.27. The minimum absolute atomic E-state index is 0.170. The summed E-state index contributed by atoms with van der Waals surface area (Å²) in [6, 6.07) is 12.3. The number of pyridine rings is 1. The number of furan rings is 1. The molecule has 0 saturated carbocycles. The molecule has 0 N–H and O–H groups in total. The second kappa shape index (κ2) is 6.43. The van der Waals surface area contributed by atoms with Crippen molar-refractivity contribution in [1.82, 2.24) is 9.29 Å². The van der Waals surface area contributed by atoms with Gasteiger partial charge in [-0.05, 0) is 35.7 Å². The molecule has 0 radical (unpaired) electrons. The Hall–Kier alpha value is -1.96. The monoisotopic (exact) mass is 334 g/mol. The van der Waals surface area contributed by atoms with Crippen molar-refractivity contribution >= 4 is 21.4 Å². The molecule has 0 aliphatic heterocycles. The van der Waals surface area contributed by atoms with Crippen molar-refractivity contribution in [2.75, 3.05) is 0 Å². The summed E-state index contributed by atoms with van der Waals surface area (Å²) < 4.78 is 32.6. The fourth-order valence-electron chi connectivity index (χ4n) is 2.01. The Kier molecular flexibility index (Phi) is 4.37. The smallest absolute Gasteiger partial charge is 0.253 e. The minimum atomic E-state index is -3.58. The number of rotatable bonds is 6. The van der Waals surface area contributed by atoms with E-state index in [4.69, 9.17) is 4.42 Å². The highest BCUT2D eigenvalue weighted by Gasteiger charge is 2.27. The molecule has 7 heteroatoms. The zero-order valence-corrected chi connectivity index (χ0v) is 13.3. The van der Waals surface area contributed by atoms with Crippen LogP contribution in [0.25, 0.3) is 0 Å². The average molecular weight is 334 g/mol.